The second-order valence-corrected chi connectivity index (χ2v) is 3.42. The van der Waals surface area contributed by atoms with Crippen molar-refractivity contribution in [2.75, 3.05) is 6.61 Å². The molecule has 0 aromatic rings. The molecule has 0 radical (unpaired) electrons. The zero-order valence-corrected chi connectivity index (χ0v) is 7.82. The van der Waals surface area contributed by atoms with Crippen LogP contribution in [0.3, 0.4) is 0 Å². The molecular weight excluding hydrogens is 172 g/mol. The molecule has 74 valence electrons. The van der Waals surface area contributed by atoms with E-state index >= 15 is 0 Å². The maximum atomic E-state index is 10.6. The summed E-state index contributed by atoms with van der Waals surface area (Å²) < 4.78 is 9.92. The minimum absolute atomic E-state index is 0.199. The highest BCUT2D eigenvalue weighted by Gasteiger charge is 2.18. The molecule has 0 aromatic heterocycles. The fourth-order valence-electron chi connectivity index (χ4n) is 0.994. The van der Waals surface area contributed by atoms with Gasteiger partial charge < -0.3 is 14.6 Å². The number of aliphatic hydroxyl groups is 1. The van der Waals surface area contributed by atoms with E-state index in [1.165, 1.54) is 6.08 Å². The second-order valence-electron chi connectivity index (χ2n) is 3.42. The molecule has 0 spiro atoms. The Morgan fingerprint density at radius 3 is 2.85 bits per heavy atom. The van der Waals surface area contributed by atoms with E-state index in [9.17, 15) is 9.90 Å². The lowest BCUT2D eigenvalue weighted by Crippen LogP contribution is -2.25. The predicted octanol–water partition coefficient (Wildman–Crippen LogP) is 0.603. The Morgan fingerprint density at radius 1 is 1.69 bits per heavy atom. The summed E-state index contributed by atoms with van der Waals surface area (Å²) in [6.45, 7) is 3.48. The topological polar surface area (TPSA) is 55.8 Å². The third-order valence-electron chi connectivity index (χ3n) is 1.57. The maximum absolute atomic E-state index is 10.6. The number of esters is 1. The van der Waals surface area contributed by atoms with Gasteiger partial charge in [0.15, 0.2) is 5.79 Å². The minimum atomic E-state index is -1.12. The lowest BCUT2D eigenvalue weighted by molar-refractivity contribution is -0.179. The molecule has 1 aliphatic rings. The van der Waals surface area contributed by atoms with Crippen molar-refractivity contribution >= 4 is 5.97 Å². The van der Waals surface area contributed by atoms with Crippen LogP contribution in [-0.2, 0) is 14.3 Å². The highest BCUT2D eigenvalue weighted by molar-refractivity contribution is 5.84. The summed E-state index contributed by atoms with van der Waals surface area (Å²) in [7, 11) is 0. The smallest absolute Gasteiger partial charge is 0.331 e. The lowest BCUT2D eigenvalue weighted by atomic mass is 10.2. The molecular formula is C9H14O4. The van der Waals surface area contributed by atoms with Crippen molar-refractivity contribution < 1.29 is 19.4 Å². The SMILES string of the molecule is CC(C)(O)OCCC1C=CC(=O)O1. The second kappa shape index (κ2) is 3.89. The molecule has 1 heterocycles. The van der Waals surface area contributed by atoms with Crippen molar-refractivity contribution in [1.29, 1.82) is 0 Å². The zero-order chi connectivity index (χ0) is 9.90. The average Bonchev–Trinajstić information content (AvgIpc) is 2.33. The van der Waals surface area contributed by atoms with Gasteiger partial charge in [-0.1, -0.05) is 0 Å². The maximum Gasteiger partial charge on any atom is 0.331 e. The van der Waals surface area contributed by atoms with Gasteiger partial charge >= 0.3 is 5.97 Å². The summed E-state index contributed by atoms with van der Waals surface area (Å²) in [6.07, 6.45) is 3.46. The number of rotatable bonds is 4. The quantitative estimate of drug-likeness (QED) is 0.516. The number of carbonyl (C=O) groups is 1. The van der Waals surface area contributed by atoms with Gasteiger partial charge in [-0.15, -0.1) is 0 Å². The van der Waals surface area contributed by atoms with E-state index in [1.807, 2.05) is 0 Å². The van der Waals surface area contributed by atoms with Crippen LogP contribution in [-0.4, -0.2) is 29.6 Å². The molecule has 1 unspecified atom stereocenters. The van der Waals surface area contributed by atoms with Gasteiger partial charge in [-0.05, 0) is 19.9 Å². The first-order valence-electron chi connectivity index (χ1n) is 4.22. The van der Waals surface area contributed by atoms with Crippen molar-refractivity contribution in [1.82, 2.24) is 0 Å². The van der Waals surface area contributed by atoms with Crippen molar-refractivity contribution in [3.8, 4) is 0 Å². The van der Waals surface area contributed by atoms with E-state index in [0.717, 1.165) is 0 Å². The van der Waals surface area contributed by atoms with E-state index in [4.69, 9.17) is 9.47 Å². The molecule has 0 aromatic carbocycles. The molecule has 4 nitrogen and oxygen atoms in total. The molecule has 0 bridgehead atoms. The van der Waals surface area contributed by atoms with Crippen LogP contribution in [0.4, 0.5) is 0 Å². The average molecular weight is 186 g/mol. The van der Waals surface area contributed by atoms with E-state index in [2.05, 4.69) is 0 Å². The van der Waals surface area contributed by atoms with Gasteiger partial charge in [0, 0.05) is 12.5 Å². The zero-order valence-electron chi connectivity index (χ0n) is 7.82. The Morgan fingerprint density at radius 2 is 2.38 bits per heavy atom. The summed E-state index contributed by atoms with van der Waals surface area (Å²) in [5, 5.41) is 9.20. The van der Waals surface area contributed by atoms with Gasteiger partial charge in [-0.2, -0.15) is 0 Å². The van der Waals surface area contributed by atoms with Crippen LogP contribution in [0, 0.1) is 0 Å². The Labute approximate surface area is 77.1 Å². The first kappa shape index (κ1) is 10.2. The van der Waals surface area contributed by atoms with Gasteiger partial charge in [0.2, 0.25) is 0 Å². The van der Waals surface area contributed by atoms with Crippen molar-refractivity contribution in [2.45, 2.75) is 32.2 Å². The molecule has 0 fully saturated rings. The summed E-state index contributed by atoms with van der Waals surface area (Å²) >= 11 is 0. The molecule has 1 atom stereocenters. The molecule has 0 saturated heterocycles. The minimum Gasteiger partial charge on any atom is -0.455 e. The Bertz CT molecular complexity index is 214. The number of cyclic esters (lactones) is 1. The molecule has 4 heteroatoms. The first-order valence-corrected chi connectivity index (χ1v) is 4.22. The van der Waals surface area contributed by atoms with Crippen molar-refractivity contribution in [2.24, 2.45) is 0 Å². The van der Waals surface area contributed by atoms with Crippen LogP contribution >= 0.6 is 0 Å². The van der Waals surface area contributed by atoms with Crippen LogP contribution in [0.2, 0.25) is 0 Å². The van der Waals surface area contributed by atoms with Crippen molar-refractivity contribution in [3.63, 3.8) is 0 Å². The van der Waals surface area contributed by atoms with E-state index in [-0.39, 0.29) is 12.1 Å². The van der Waals surface area contributed by atoms with Crippen molar-refractivity contribution in [3.05, 3.63) is 12.2 Å². The predicted molar refractivity (Wildman–Crippen MR) is 45.9 cm³/mol. The normalized spacial score (nSPS) is 22.1. The number of carbonyl (C=O) groups excluding carboxylic acids is 1. The molecule has 0 amide bonds. The Kier molecular flexibility index (Phi) is 3.06. The third kappa shape index (κ3) is 4.05. The van der Waals surface area contributed by atoms with E-state index in [1.54, 1.807) is 19.9 Å². The van der Waals surface area contributed by atoms with Gasteiger partial charge in [-0.25, -0.2) is 4.79 Å². The summed E-state index contributed by atoms with van der Waals surface area (Å²) in [6, 6.07) is 0. The largest absolute Gasteiger partial charge is 0.455 e. The van der Waals surface area contributed by atoms with Crippen LogP contribution in [0.15, 0.2) is 12.2 Å². The fourth-order valence-corrected chi connectivity index (χ4v) is 0.994. The lowest BCUT2D eigenvalue weighted by Gasteiger charge is -2.18. The van der Waals surface area contributed by atoms with Crippen LogP contribution < -0.4 is 0 Å². The van der Waals surface area contributed by atoms with Gasteiger partial charge in [0.05, 0.1) is 6.61 Å². The molecule has 1 aliphatic heterocycles. The monoisotopic (exact) mass is 186 g/mol. The van der Waals surface area contributed by atoms with Gasteiger partial charge in [0.25, 0.3) is 0 Å². The van der Waals surface area contributed by atoms with Crippen LogP contribution in [0.5, 0.6) is 0 Å². The third-order valence-corrected chi connectivity index (χ3v) is 1.57. The van der Waals surface area contributed by atoms with Gasteiger partial charge in [0.1, 0.15) is 6.10 Å². The molecule has 0 saturated carbocycles. The molecule has 1 N–H and O–H groups in total. The number of hydrogen-bond donors (Lipinski definition) is 1. The van der Waals surface area contributed by atoms with Gasteiger partial charge in [-0.3, -0.25) is 0 Å². The molecule has 1 rings (SSSR count). The summed E-state index contributed by atoms with van der Waals surface area (Å²) in [4.78, 5) is 10.6. The highest BCUT2D eigenvalue weighted by atomic mass is 16.6. The number of hydrogen-bond acceptors (Lipinski definition) is 4. The Hall–Kier alpha value is -0.870. The summed E-state index contributed by atoms with van der Waals surface area (Å²) in [5.74, 6) is -1.43. The molecule has 0 aliphatic carbocycles. The Balaban J connectivity index is 2.14. The van der Waals surface area contributed by atoms with Crippen LogP contribution in [0.25, 0.3) is 0 Å². The highest BCUT2D eigenvalue weighted by Crippen LogP contribution is 2.11. The van der Waals surface area contributed by atoms with E-state index < -0.39 is 5.79 Å². The number of ether oxygens (including phenoxy) is 2. The first-order chi connectivity index (χ1) is 5.97. The fraction of sp³-hybridized carbons (Fsp3) is 0.667. The van der Waals surface area contributed by atoms with Crippen LogP contribution in [0.1, 0.15) is 20.3 Å². The molecule has 13 heavy (non-hydrogen) atoms. The standard InChI is InChI=1S/C9H14O4/c1-9(2,11)12-6-5-7-3-4-8(10)13-7/h3-4,7,11H,5-6H2,1-2H3. The van der Waals surface area contributed by atoms with E-state index in [0.29, 0.717) is 13.0 Å². The summed E-state index contributed by atoms with van der Waals surface area (Å²) in [5.41, 5.74) is 0.